The van der Waals surface area contributed by atoms with Crippen LogP contribution in [-0.4, -0.2) is 7.85 Å². The summed E-state index contributed by atoms with van der Waals surface area (Å²) in [5.74, 6) is 0.459. The molecule has 0 bridgehead atoms. The molecule has 0 aliphatic heterocycles. The van der Waals surface area contributed by atoms with Gasteiger partial charge in [-0.3, -0.25) is 0 Å². The van der Waals surface area contributed by atoms with E-state index in [1.54, 1.807) is 0 Å². The van der Waals surface area contributed by atoms with Crippen molar-refractivity contribution >= 4 is 19.4 Å². The maximum atomic E-state index is 5.92. The van der Waals surface area contributed by atoms with Gasteiger partial charge in [0.15, 0.2) is 0 Å². The fraction of sp³-hybridized carbons (Fsp3) is 0.250. The lowest BCUT2D eigenvalue weighted by atomic mass is 9.95. The first-order valence-corrected chi connectivity index (χ1v) is 3.80. The zero-order chi connectivity index (χ0) is 7.56. The zero-order valence-electron chi connectivity index (χ0n) is 6.26. The molecule has 0 aromatic rings. The van der Waals surface area contributed by atoms with Crippen molar-refractivity contribution in [3.8, 4) is 0 Å². The normalized spacial score (nSPS) is 25.2. The lowest BCUT2D eigenvalue weighted by molar-refractivity contribution is 0.940. The van der Waals surface area contributed by atoms with Crippen LogP contribution >= 0.6 is 11.6 Å². The Labute approximate surface area is 67.7 Å². The van der Waals surface area contributed by atoms with Gasteiger partial charge in [-0.15, -0.1) is 0 Å². The molecular weight excluding hydrogens is 142 g/mol. The Kier molecular flexibility index (Phi) is 2.39. The molecule has 0 N–H and O–H groups in total. The standard InChI is InChI=1S/C8H10BCl/c1-6-3-2-4-7(9)8(10)5-6/h2-6H,9H2,1H3. The van der Waals surface area contributed by atoms with E-state index in [-0.39, 0.29) is 0 Å². The molecule has 0 saturated carbocycles. The summed E-state index contributed by atoms with van der Waals surface area (Å²) in [6.07, 6.45) is 8.25. The van der Waals surface area contributed by atoms with Crippen molar-refractivity contribution in [1.82, 2.24) is 0 Å². The quantitative estimate of drug-likeness (QED) is 0.465. The summed E-state index contributed by atoms with van der Waals surface area (Å²) in [7, 11) is 2.02. The third-order valence-electron chi connectivity index (χ3n) is 1.55. The van der Waals surface area contributed by atoms with Gasteiger partial charge in [0.1, 0.15) is 7.85 Å². The molecule has 0 spiro atoms. The molecule has 1 aliphatic rings. The zero-order valence-corrected chi connectivity index (χ0v) is 7.02. The van der Waals surface area contributed by atoms with E-state index in [2.05, 4.69) is 19.1 Å². The van der Waals surface area contributed by atoms with Crippen molar-refractivity contribution in [1.29, 1.82) is 0 Å². The third-order valence-corrected chi connectivity index (χ3v) is 1.97. The van der Waals surface area contributed by atoms with Gasteiger partial charge in [0.2, 0.25) is 0 Å². The van der Waals surface area contributed by atoms with Crippen LogP contribution in [-0.2, 0) is 0 Å². The summed E-state index contributed by atoms with van der Waals surface area (Å²) >= 11 is 5.92. The van der Waals surface area contributed by atoms with Gasteiger partial charge in [-0.05, 0) is 5.92 Å². The largest absolute Gasteiger partial charge is 0.141 e. The van der Waals surface area contributed by atoms with E-state index in [0.717, 1.165) is 10.5 Å². The summed E-state index contributed by atoms with van der Waals surface area (Å²) < 4.78 is 0. The van der Waals surface area contributed by atoms with E-state index in [1.165, 1.54) is 0 Å². The molecular formula is C8H10BCl. The van der Waals surface area contributed by atoms with Crippen LogP contribution in [0.3, 0.4) is 0 Å². The van der Waals surface area contributed by atoms with E-state index in [1.807, 2.05) is 20.0 Å². The Morgan fingerprint density at radius 1 is 1.60 bits per heavy atom. The molecule has 1 aliphatic carbocycles. The Bertz CT molecular complexity index is 213. The third kappa shape index (κ3) is 1.78. The summed E-state index contributed by atoms with van der Waals surface area (Å²) in [6, 6.07) is 0. The van der Waals surface area contributed by atoms with Gasteiger partial charge < -0.3 is 0 Å². The summed E-state index contributed by atoms with van der Waals surface area (Å²) in [5, 5.41) is 0.873. The van der Waals surface area contributed by atoms with Crippen molar-refractivity contribution in [2.24, 2.45) is 5.92 Å². The van der Waals surface area contributed by atoms with Gasteiger partial charge in [-0.25, -0.2) is 0 Å². The second kappa shape index (κ2) is 3.11. The molecule has 1 unspecified atom stereocenters. The highest BCUT2D eigenvalue weighted by atomic mass is 35.5. The molecule has 0 amide bonds. The molecule has 0 fully saturated rings. The lowest BCUT2D eigenvalue weighted by Gasteiger charge is -1.97. The Morgan fingerprint density at radius 2 is 2.30 bits per heavy atom. The average molecular weight is 152 g/mol. The van der Waals surface area contributed by atoms with Crippen molar-refractivity contribution in [3.63, 3.8) is 0 Å². The van der Waals surface area contributed by atoms with Gasteiger partial charge in [-0.2, -0.15) is 0 Å². The molecule has 52 valence electrons. The summed E-state index contributed by atoms with van der Waals surface area (Å²) in [4.78, 5) is 0. The highest BCUT2D eigenvalue weighted by Gasteiger charge is 2.00. The van der Waals surface area contributed by atoms with Crippen molar-refractivity contribution in [2.45, 2.75) is 6.92 Å². The monoisotopic (exact) mass is 152 g/mol. The molecule has 0 nitrogen and oxygen atoms in total. The highest BCUT2D eigenvalue weighted by molar-refractivity contribution is 6.40. The van der Waals surface area contributed by atoms with E-state index in [0.29, 0.717) is 5.92 Å². The van der Waals surface area contributed by atoms with Gasteiger partial charge in [0.05, 0.1) is 0 Å². The van der Waals surface area contributed by atoms with Crippen LogP contribution in [0.15, 0.2) is 34.8 Å². The average Bonchev–Trinajstić information content (AvgIpc) is 1.96. The second-order valence-electron chi connectivity index (χ2n) is 2.61. The minimum absolute atomic E-state index is 0.459. The van der Waals surface area contributed by atoms with E-state index in [4.69, 9.17) is 11.6 Å². The fourth-order valence-corrected chi connectivity index (χ4v) is 1.13. The van der Waals surface area contributed by atoms with Crippen LogP contribution in [0.5, 0.6) is 0 Å². The van der Waals surface area contributed by atoms with Gasteiger partial charge in [0, 0.05) is 5.03 Å². The first-order valence-electron chi connectivity index (χ1n) is 3.43. The van der Waals surface area contributed by atoms with Gasteiger partial charge in [-0.1, -0.05) is 48.3 Å². The molecule has 1 atom stereocenters. The number of halogens is 1. The maximum Gasteiger partial charge on any atom is 0.141 e. The Hall–Kier alpha value is -0.425. The first kappa shape index (κ1) is 7.68. The number of hydrogen-bond acceptors (Lipinski definition) is 0. The number of hydrogen-bond donors (Lipinski definition) is 0. The Balaban J connectivity index is 2.90. The van der Waals surface area contributed by atoms with E-state index in [9.17, 15) is 0 Å². The Morgan fingerprint density at radius 3 is 3.00 bits per heavy atom. The smallest absolute Gasteiger partial charge is 0.0853 e. The topological polar surface area (TPSA) is 0 Å². The summed E-state index contributed by atoms with van der Waals surface area (Å²) in [5.41, 5.74) is 1.14. The fourth-order valence-electron chi connectivity index (χ4n) is 0.873. The molecule has 1 rings (SSSR count). The van der Waals surface area contributed by atoms with Crippen molar-refractivity contribution in [2.75, 3.05) is 0 Å². The van der Waals surface area contributed by atoms with E-state index >= 15 is 0 Å². The van der Waals surface area contributed by atoms with Crippen LogP contribution in [0.4, 0.5) is 0 Å². The van der Waals surface area contributed by atoms with Crippen LogP contribution in [0, 0.1) is 5.92 Å². The van der Waals surface area contributed by atoms with Crippen molar-refractivity contribution < 1.29 is 0 Å². The minimum atomic E-state index is 0.459. The molecule has 0 aromatic heterocycles. The van der Waals surface area contributed by atoms with Crippen LogP contribution in [0.25, 0.3) is 0 Å². The molecule has 0 aromatic carbocycles. The predicted octanol–water partition coefficient (Wildman–Crippen LogP) is 1.83. The maximum absolute atomic E-state index is 5.92. The minimum Gasteiger partial charge on any atom is -0.0853 e. The van der Waals surface area contributed by atoms with Gasteiger partial charge >= 0.3 is 0 Å². The van der Waals surface area contributed by atoms with Crippen LogP contribution < -0.4 is 0 Å². The van der Waals surface area contributed by atoms with E-state index < -0.39 is 0 Å². The second-order valence-corrected chi connectivity index (χ2v) is 3.02. The van der Waals surface area contributed by atoms with Crippen LogP contribution in [0.2, 0.25) is 0 Å². The number of allylic oxidation sites excluding steroid dienone is 6. The molecule has 0 radical (unpaired) electrons. The van der Waals surface area contributed by atoms with Crippen LogP contribution in [0.1, 0.15) is 6.92 Å². The SMILES string of the molecule is BC1=CC=CC(C)C=C1Cl. The molecule has 10 heavy (non-hydrogen) atoms. The first-order chi connectivity index (χ1) is 4.70. The van der Waals surface area contributed by atoms with Crippen molar-refractivity contribution in [3.05, 3.63) is 34.8 Å². The number of rotatable bonds is 0. The molecule has 2 heteroatoms. The predicted molar refractivity (Wildman–Crippen MR) is 48.9 cm³/mol. The summed E-state index contributed by atoms with van der Waals surface area (Å²) in [6.45, 7) is 2.12. The highest BCUT2D eigenvalue weighted by Crippen LogP contribution is 2.18. The molecule has 0 heterocycles. The lowest BCUT2D eigenvalue weighted by Crippen LogP contribution is -1.83. The van der Waals surface area contributed by atoms with Gasteiger partial charge in [0.25, 0.3) is 0 Å². The molecule has 0 saturated heterocycles.